The van der Waals surface area contributed by atoms with E-state index in [1.54, 1.807) is 0 Å². The highest BCUT2D eigenvalue weighted by atomic mass is 79.9. The van der Waals surface area contributed by atoms with Crippen LogP contribution in [0.15, 0.2) is 34.1 Å². The molecule has 2 aromatic rings. The minimum Gasteiger partial charge on any atom is -0.399 e. The maximum Gasteiger partial charge on any atom is 0.269 e. The summed E-state index contributed by atoms with van der Waals surface area (Å²) in [6.07, 6.45) is 0.856. The van der Waals surface area contributed by atoms with Gasteiger partial charge in [0.1, 0.15) is 4.88 Å². The van der Waals surface area contributed by atoms with E-state index >= 15 is 0 Å². The van der Waals surface area contributed by atoms with Crippen molar-refractivity contribution in [3.05, 3.63) is 44.6 Å². The summed E-state index contributed by atoms with van der Waals surface area (Å²) >= 11 is 4.89. The van der Waals surface area contributed by atoms with Crippen LogP contribution < -0.4 is 10.6 Å². The van der Waals surface area contributed by atoms with E-state index in [1.807, 2.05) is 34.5 Å². The molecule has 0 radical (unpaired) electrons. The van der Waals surface area contributed by atoms with E-state index in [0.29, 0.717) is 0 Å². The Bertz CT molecular complexity index is 653. The van der Waals surface area contributed by atoms with Gasteiger partial charge < -0.3 is 10.6 Å². The standard InChI is InChI=1S/C14H13BrN2OS/c1-8-6-9-7-10(16)2-3-12(9)17(8)14(18)13-11(15)4-5-19-13/h2-5,7-8H,6,16H2,1H3. The number of carbonyl (C=O) groups is 1. The first-order valence-corrected chi connectivity index (χ1v) is 7.70. The van der Waals surface area contributed by atoms with Gasteiger partial charge in [0, 0.05) is 21.9 Å². The Labute approximate surface area is 124 Å². The number of anilines is 2. The van der Waals surface area contributed by atoms with Crippen molar-refractivity contribution < 1.29 is 4.79 Å². The van der Waals surface area contributed by atoms with E-state index in [2.05, 4.69) is 22.9 Å². The van der Waals surface area contributed by atoms with Crippen molar-refractivity contribution in [1.82, 2.24) is 0 Å². The van der Waals surface area contributed by atoms with E-state index in [4.69, 9.17) is 5.73 Å². The molecule has 1 aliphatic heterocycles. The molecule has 2 N–H and O–H groups in total. The molecule has 1 unspecified atom stereocenters. The van der Waals surface area contributed by atoms with E-state index in [-0.39, 0.29) is 11.9 Å². The van der Waals surface area contributed by atoms with E-state index in [0.717, 1.165) is 32.7 Å². The molecule has 0 saturated carbocycles. The van der Waals surface area contributed by atoms with Crippen LogP contribution in [-0.4, -0.2) is 11.9 Å². The first-order valence-electron chi connectivity index (χ1n) is 6.03. The summed E-state index contributed by atoms with van der Waals surface area (Å²) in [7, 11) is 0. The number of fused-ring (bicyclic) bond motifs is 1. The molecule has 19 heavy (non-hydrogen) atoms. The van der Waals surface area contributed by atoms with Gasteiger partial charge in [-0.05, 0) is 64.5 Å². The van der Waals surface area contributed by atoms with Crippen LogP contribution in [0.2, 0.25) is 0 Å². The van der Waals surface area contributed by atoms with Gasteiger partial charge in [-0.25, -0.2) is 0 Å². The van der Waals surface area contributed by atoms with Gasteiger partial charge in [0.15, 0.2) is 0 Å². The van der Waals surface area contributed by atoms with Gasteiger partial charge in [-0.2, -0.15) is 0 Å². The number of carbonyl (C=O) groups excluding carboxylic acids is 1. The van der Waals surface area contributed by atoms with Crippen molar-refractivity contribution in [2.45, 2.75) is 19.4 Å². The van der Waals surface area contributed by atoms with E-state index in [9.17, 15) is 4.79 Å². The fourth-order valence-corrected chi connectivity index (χ4v) is 3.99. The molecule has 0 fully saturated rings. The van der Waals surface area contributed by atoms with E-state index < -0.39 is 0 Å². The average molecular weight is 337 g/mol. The molecule has 0 bridgehead atoms. The quantitative estimate of drug-likeness (QED) is 0.807. The molecule has 2 heterocycles. The normalized spacial score (nSPS) is 17.6. The molecule has 98 valence electrons. The van der Waals surface area contributed by atoms with Crippen molar-refractivity contribution in [2.24, 2.45) is 0 Å². The topological polar surface area (TPSA) is 46.3 Å². The SMILES string of the molecule is CC1Cc2cc(N)ccc2N1C(=O)c1sccc1Br. The highest BCUT2D eigenvalue weighted by Crippen LogP contribution is 2.36. The predicted molar refractivity (Wildman–Crippen MR) is 82.8 cm³/mol. The molecule has 1 aromatic carbocycles. The van der Waals surface area contributed by atoms with Crippen molar-refractivity contribution >= 4 is 44.5 Å². The zero-order valence-electron chi connectivity index (χ0n) is 10.4. The van der Waals surface area contributed by atoms with Crippen LogP contribution in [0.5, 0.6) is 0 Å². The molecule has 1 aromatic heterocycles. The molecule has 0 saturated heterocycles. The number of thiophene rings is 1. The summed E-state index contributed by atoms with van der Waals surface area (Å²) in [5.41, 5.74) is 8.68. The summed E-state index contributed by atoms with van der Waals surface area (Å²) in [5, 5.41) is 1.92. The number of halogens is 1. The third-order valence-corrected chi connectivity index (χ3v) is 5.18. The fourth-order valence-electron chi connectivity index (χ4n) is 2.52. The van der Waals surface area contributed by atoms with Gasteiger partial charge in [0.05, 0.1) is 0 Å². The van der Waals surface area contributed by atoms with Crippen molar-refractivity contribution in [3.63, 3.8) is 0 Å². The lowest BCUT2D eigenvalue weighted by Crippen LogP contribution is -2.35. The Hall–Kier alpha value is -1.33. The van der Waals surface area contributed by atoms with Crippen LogP contribution in [0, 0.1) is 0 Å². The minimum atomic E-state index is 0.0536. The number of hydrogen-bond donors (Lipinski definition) is 1. The molecular weight excluding hydrogens is 324 g/mol. The zero-order valence-corrected chi connectivity index (χ0v) is 12.8. The number of nitrogens with zero attached hydrogens (tertiary/aromatic N) is 1. The first-order chi connectivity index (χ1) is 9.08. The van der Waals surface area contributed by atoms with Crippen LogP contribution in [0.4, 0.5) is 11.4 Å². The number of nitrogen functional groups attached to an aromatic ring is 1. The second-order valence-electron chi connectivity index (χ2n) is 4.71. The van der Waals surface area contributed by atoms with Crippen LogP contribution in [0.25, 0.3) is 0 Å². The number of rotatable bonds is 1. The fraction of sp³-hybridized carbons (Fsp3) is 0.214. The number of nitrogens with two attached hydrogens (primary N) is 1. The lowest BCUT2D eigenvalue weighted by atomic mass is 10.1. The molecule has 3 nitrogen and oxygen atoms in total. The molecule has 1 atom stereocenters. The number of benzene rings is 1. The summed E-state index contributed by atoms with van der Waals surface area (Å²) in [6.45, 7) is 2.07. The highest BCUT2D eigenvalue weighted by molar-refractivity contribution is 9.10. The second kappa shape index (κ2) is 4.65. The molecular formula is C14H13BrN2OS. The second-order valence-corrected chi connectivity index (χ2v) is 6.48. The summed E-state index contributed by atoms with van der Waals surface area (Å²) in [5.74, 6) is 0.0536. The third-order valence-electron chi connectivity index (χ3n) is 3.35. The predicted octanol–water partition coefficient (Wildman–Crippen LogP) is 3.68. The first kappa shape index (κ1) is 12.7. The number of hydrogen-bond acceptors (Lipinski definition) is 3. The molecule has 5 heteroatoms. The van der Waals surface area contributed by atoms with Crippen LogP contribution >= 0.6 is 27.3 Å². The Balaban J connectivity index is 2.03. The molecule has 1 aliphatic rings. The molecule has 0 spiro atoms. The summed E-state index contributed by atoms with van der Waals surface area (Å²) < 4.78 is 0.860. The maximum absolute atomic E-state index is 12.7. The van der Waals surface area contributed by atoms with Gasteiger partial charge in [-0.15, -0.1) is 11.3 Å². The molecule has 1 amide bonds. The maximum atomic E-state index is 12.7. The Morgan fingerprint density at radius 2 is 2.26 bits per heavy atom. The minimum absolute atomic E-state index is 0.0536. The van der Waals surface area contributed by atoms with Crippen molar-refractivity contribution in [2.75, 3.05) is 10.6 Å². The van der Waals surface area contributed by atoms with Crippen LogP contribution in [0.3, 0.4) is 0 Å². The molecule has 3 rings (SSSR count). The lowest BCUT2D eigenvalue weighted by Gasteiger charge is -2.22. The Kier molecular flexibility index (Phi) is 3.11. The van der Waals surface area contributed by atoms with Gasteiger partial charge in [0.25, 0.3) is 5.91 Å². The highest BCUT2D eigenvalue weighted by Gasteiger charge is 2.32. The number of amides is 1. The van der Waals surface area contributed by atoms with Gasteiger partial charge >= 0.3 is 0 Å². The lowest BCUT2D eigenvalue weighted by molar-refractivity contribution is 0.0984. The Morgan fingerprint density at radius 1 is 1.47 bits per heavy atom. The van der Waals surface area contributed by atoms with Crippen molar-refractivity contribution in [3.8, 4) is 0 Å². The zero-order chi connectivity index (χ0) is 13.6. The van der Waals surface area contributed by atoms with Gasteiger partial charge in [-0.3, -0.25) is 4.79 Å². The smallest absolute Gasteiger partial charge is 0.269 e. The summed E-state index contributed by atoms with van der Waals surface area (Å²) in [4.78, 5) is 15.3. The molecule has 0 aliphatic carbocycles. The van der Waals surface area contributed by atoms with Crippen LogP contribution in [0.1, 0.15) is 22.2 Å². The van der Waals surface area contributed by atoms with E-state index in [1.165, 1.54) is 11.3 Å². The largest absolute Gasteiger partial charge is 0.399 e. The van der Waals surface area contributed by atoms with Crippen molar-refractivity contribution in [1.29, 1.82) is 0 Å². The monoisotopic (exact) mass is 336 g/mol. The Morgan fingerprint density at radius 3 is 2.95 bits per heavy atom. The average Bonchev–Trinajstić information content (AvgIpc) is 2.90. The van der Waals surface area contributed by atoms with Gasteiger partial charge in [-0.1, -0.05) is 0 Å². The van der Waals surface area contributed by atoms with Gasteiger partial charge in [0.2, 0.25) is 0 Å². The summed E-state index contributed by atoms with van der Waals surface area (Å²) in [6, 6.07) is 7.82. The third kappa shape index (κ3) is 2.07. The van der Waals surface area contributed by atoms with Crippen LogP contribution in [-0.2, 0) is 6.42 Å².